The van der Waals surface area contributed by atoms with Gasteiger partial charge in [0.15, 0.2) is 5.96 Å². The van der Waals surface area contributed by atoms with E-state index < -0.39 is 0 Å². The number of guanidine groups is 1. The van der Waals surface area contributed by atoms with E-state index in [0.717, 1.165) is 31.9 Å². The molecule has 1 heterocycles. The van der Waals surface area contributed by atoms with Crippen LogP contribution in [0.15, 0.2) is 23.2 Å². The fourth-order valence-electron chi connectivity index (χ4n) is 2.54. The van der Waals surface area contributed by atoms with Crippen LogP contribution in [0.4, 0.5) is 5.69 Å². The van der Waals surface area contributed by atoms with E-state index >= 15 is 0 Å². The summed E-state index contributed by atoms with van der Waals surface area (Å²) >= 11 is 6.10. The van der Waals surface area contributed by atoms with Crippen LogP contribution in [0.25, 0.3) is 0 Å². The van der Waals surface area contributed by atoms with E-state index in [4.69, 9.17) is 22.1 Å². The molecule has 1 atom stereocenters. The molecule has 3 N–H and O–H groups in total. The molecule has 0 spiro atoms. The molecule has 0 radical (unpaired) electrons. The van der Waals surface area contributed by atoms with E-state index in [0.29, 0.717) is 29.3 Å². The highest BCUT2D eigenvalue weighted by Crippen LogP contribution is 2.27. The molecule has 0 aromatic heterocycles. The number of piperazine rings is 1. The smallest absolute Gasteiger partial charge is 0.193 e. The van der Waals surface area contributed by atoms with Crippen molar-refractivity contribution in [2.24, 2.45) is 10.7 Å². The van der Waals surface area contributed by atoms with E-state index in [-0.39, 0.29) is 0 Å². The zero-order chi connectivity index (χ0) is 16.8. The topological polar surface area (TPSA) is 66.1 Å². The Balaban J connectivity index is 1.86. The van der Waals surface area contributed by atoms with Gasteiger partial charge in [-0.2, -0.15) is 0 Å². The molecule has 1 fully saturated rings. The van der Waals surface area contributed by atoms with Crippen molar-refractivity contribution in [1.82, 2.24) is 9.80 Å². The van der Waals surface area contributed by atoms with Gasteiger partial charge in [-0.05, 0) is 32.2 Å². The third-order valence-corrected chi connectivity index (χ3v) is 4.41. The summed E-state index contributed by atoms with van der Waals surface area (Å²) in [7, 11) is 3.74. The molecule has 2 rings (SSSR count). The molecular weight excluding hydrogens is 314 g/mol. The maximum Gasteiger partial charge on any atom is 0.193 e. The zero-order valence-corrected chi connectivity index (χ0v) is 14.8. The fourth-order valence-corrected chi connectivity index (χ4v) is 2.80. The number of benzene rings is 1. The molecule has 0 amide bonds. The summed E-state index contributed by atoms with van der Waals surface area (Å²) < 4.78 is 5.13. The van der Waals surface area contributed by atoms with Crippen LogP contribution in [0.1, 0.15) is 6.92 Å². The van der Waals surface area contributed by atoms with Gasteiger partial charge in [-0.1, -0.05) is 11.6 Å². The van der Waals surface area contributed by atoms with Crippen molar-refractivity contribution in [3.8, 4) is 5.75 Å². The van der Waals surface area contributed by atoms with Gasteiger partial charge in [0.25, 0.3) is 0 Å². The Morgan fingerprint density at radius 1 is 1.39 bits per heavy atom. The summed E-state index contributed by atoms with van der Waals surface area (Å²) in [5.41, 5.74) is 6.76. The standard InChI is InChI=1S/C16H26ClN5O/c1-12(22-8-6-21(2)7-9-22)11-19-16(18)20-13-4-5-15(23-3)14(17)10-13/h4-5,10,12H,6-9,11H2,1-3H3,(H3,18,19,20). The predicted molar refractivity (Wildman–Crippen MR) is 96.6 cm³/mol. The maximum atomic E-state index is 6.10. The van der Waals surface area contributed by atoms with Gasteiger partial charge in [0.2, 0.25) is 0 Å². The van der Waals surface area contributed by atoms with Gasteiger partial charge in [-0.15, -0.1) is 0 Å². The first-order valence-electron chi connectivity index (χ1n) is 7.82. The number of hydrogen-bond acceptors (Lipinski definition) is 4. The Morgan fingerprint density at radius 2 is 2.09 bits per heavy atom. The summed E-state index contributed by atoms with van der Waals surface area (Å²) in [5.74, 6) is 1.03. The van der Waals surface area contributed by atoms with Crippen molar-refractivity contribution in [3.63, 3.8) is 0 Å². The lowest BCUT2D eigenvalue weighted by Crippen LogP contribution is -2.49. The van der Waals surface area contributed by atoms with E-state index in [9.17, 15) is 0 Å². The van der Waals surface area contributed by atoms with Crippen LogP contribution in [0.3, 0.4) is 0 Å². The fraction of sp³-hybridized carbons (Fsp3) is 0.562. The molecule has 1 unspecified atom stereocenters. The molecule has 1 aromatic carbocycles. The second-order valence-electron chi connectivity index (χ2n) is 5.89. The second kappa shape index (κ2) is 8.38. The molecule has 23 heavy (non-hydrogen) atoms. The molecule has 128 valence electrons. The predicted octanol–water partition coefficient (Wildman–Crippen LogP) is 1.71. The van der Waals surface area contributed by atoms with Gasteiger partial charge < -0.3 is 20.7 Å². The van der Waals surface area contributed by atoms with Crippen molar-refractivity contribution < 1.29 is 4.74 Å². The molecule has 1 saturated heterocycles. The molecule has 0 saturated carbocycles. The van der Waals surface area contributed by atoms with Crippen LogP contribution in [0.5, 0.6) is 5.75 Å². The third-order valence-electron chi connectivity index (χ3n) is 4.11. The number of nitrogens with one attached hydrogen (secondary N) is 1. The van der Waals surface area contributed by atoms with Crippen molar-refractivity contribution in [3.05, 3.63) is 23.2 Å². The number of halogens is 1. The van der Waals surface area contributed by atoms with E-state index in [2.05, 4.69) is 34.1 Å². The normalized spacial score (nSPS) is 18.7. The number of anilines is 1. The summed E-state index contributed by atoms with van der Waals surface area (Å²) in [4.78, 5) is 9.23. The number of ether oxygens (including phenoxy) is 1. The summed E-state index contributed by atoms with van der Waals surface area (Å²) in [6, 6.07) is 5.80. The minimum atomic E-state index is 0.378. The number of likely N-dealkylation sites (N-methyl/N-ethyl adjacent to an activating group) is 1. The molecule has 0 bridgehead atoms. The average molecular weight is 340 g/mol. The van der Waals surface area contributed by atoms with Crippen LogP contribution >= 0.6 is 11.6 Å². The van der Waals surface area contributed by atoms with Crippen LogP contribution < -0.4 is 15.8 Å². The summed E-state index contributed by atoms with van der Waals surface area (Å²) in [6.45, 7) is 7.22. The van der Waals surface area contributed by atoms with Gasteiger partial charge in [0.05, 0.1) is 18.7 Å². The lowest BCUT2D eigenvalue weighted by atomic mass is 10.2. The zero-order valence-electron chi connectivity index (χ0n) is 14.1. The third kappa shape index (κ3) is 5.27. The van der Waals surface area contributed by atoms with Crippen molar-refractivity contribution in [2.75, 3.05) is 52.2 Å². The largest absolute Gasteiger partial charge is 0.495 e. The molecule has 1 aromatic rings. The molecule has 7 heteroatoms. The van der Waals surface area contributed by atoms with Crippen molar-refractivity contribution in [1.29, 1.82) is 0 Å². The molecule has 0 aliphatic carbocycles. The molecule has 1 aliphatic heterocycles. The SMILES string of the molecule is COc1ccc(NC(N)=NCC(C)N2CCN(C)CC2)cc1Cl. The van der Waals surface area contributed by atoms with Crippen molar-refractivity contribution >= 4 is 23.2 Å². The highest BCUT2D eigenvalue weighted by atomic mass is 35.5. The Labute approximate surface area is 143 Å². The van der Waals surface area contributed by atoms with Gasteiger partial charge in [0, 0.05) is 37.9 Å². The first-order valence-corrected chi connectivity index (χ1v) is 8.20. The van der Waals surface area contributed by atoms with Gasteiger partial charge in [0.1, 0.15) is 5.75 Å². The lowest BCUT2D eigenvalue weighted by Gasteiger charge is -2.35. The van der Waals surface area contributed by atoms with Crippen LogP contribution in [-0.4, -0.2) is 68.7 Å². The van der Waals surface area contributed by atoms with Gasteiger partial charge in [-0.25, -0.2) is 0 Å². The molecule has 6 nitrogen and oxygen atoms in total. The summed E-state index contributed by atoms with van der Waals surface area (Å²) in [6.07, 6.45) is 0. The number of aliphatic imine (C=N–C) groups is 1. The lowest BCUT2D eigenvalue weighted by molar-refractivity contribution is 0.122. The van der Waals surface area contributed by atoms with Crippen LogP contribution in [-0.2, 0) is 0 Å². The van der Waals surface area contributed by atoms with E-state index in [1.165, 1.54) is 0 Å². The van der Waals surface area contributed by atoms with Crippen molar-refractivity contribution in [2.45, 2.75) is 13.0 Å². The second-order valence-corrected chi connectivity index (χ2v) is 6.30. The minimum absolute atomic E-state index is 0.378. The van der Waals surface area contributed by atoms with E-state index in [1.54, 1.807) is 19.2 Å². The minimum Gasteiger partial charge on any atom is -0.495 e. The first-order chi connectivity index (χ1) is 11.0. The monoisotopic (exact) mass is 339 g/mol. The van der Waals surface area contributed by atoms with Gasteiger partial charge in [-0.3, -0.25) is 9.89 Å². The molecular formula is C16H26ClN5O. The number of methoxy groups -OCH3 is 1. The first kappa shape index (κ1) is 17.8. The van der Waals surface area contributed by atoms with Crippen LogP contribution in [0.2, 0.25) is 5.02 Å². The number of nitrogens with two attached hydrogens (primary N) is 1. The maximum absolute atomic E-state index is 6.10. The quantitative estimate of drug-likeness (QED) is 0.631. The Morgan fingerprint density at radius 3 is 2.70 bits per heavy atom. The highest BCUT2D eigenvalue weighted by molar-refractivity contribution is 6.32. The van der Waals surface area contributed by atoms with Crippen LogP contribution in [0, 0.1) is 0 Å². The molecule has 1 aliphatic rings. The number of nitrogens with zero attached hydrogens (tertiary/aromatic N) is 3. The Bertz CT molecular complexity index is 543. The average Bonchev–Trinajstić information content (AvgIpc) is 2.53. The number of rotatable bonds is 5. The number of hydrogen-bond donors (Lipinski definition) is 2. The van der Waals surface area contributed by atoms with Gasteiger partial charge >= 0.3 is 0 Å². The highest BCUT2D eigenvalue weighted by Gasteiger charge is 2.18. The Kier molecular flexibility index (Phi) is 6.50. The van der Waals surface area contributed by atoms with E-state index in [1.807, 2.05) is 6.07 Å². The Hall–Kier alpha value is -1.50. The summed E-state index contributed by atoms with van der Waals surface area (Å²) in [5, 5.41) is 3.60.